The van der Waals surface area contributed by atoms with Crippen LogP contribution in [0.5, 0.6) is 0 Å². The molecule has 0 aliphatic rings. The van der Waals surface area contributed by atoms with Crippen LogP contribution in [0.3, 0.4) is 0 Å². The summed E-state index contributed by atoms with van der Waals surface area (Å²) >= 11 is 0. The van der Waals surface area contributed by atoms with Crippen molar-refractivity contribution in [1.29, 1.82) is 5.26 Å². The number of nitriles is 1. The Bertz CT molecular complexity index is 148. The Hall–Kier alpha value is -1.50. The maximum Gasteiger partial charge on any atom is 0.327 e. The molecular weight excluding hydrogens is 146 g/mol. The number of carboxylic acid groups (broad SMARTS) is 1. The van der Waals surface area contributed by atoms with Crippen molar-refractivity contribution < 1.29 is 14.6 Å². The molecule has 0 saturated heterocycles. The minimum Gasteiger partial charge on any atom is -0.478 e. The molecule has 0 saturated carbocycles. The highest BCUT2D eigenvalue weighted by molar-refractivity contribution is 5.78. The number of hydrogen-bond acceptors (Lipinski definition) is 3. The molecule has 0 amide bonds. The van der Waals surface area contributed by atoms with Gasteiger partial charge in [-0.1, -0.05) is 13.5 Å². The first kappa shape index (κ1) is 12.2. The van der Waals surface area contributed by atoms with Gasteiger partial charge in [0.1, 0.15) is 6.61 Å². The van der Waals surface area contributed by atoms with Gasteiger partial charge in [-0.3, -0.25) is 0 Å². The fourth-order valence-corrected chi connectivity index (χ4v) is 0.148. The van der Waals surface area contributed by atoms with Gasteiger partial charge in [-0.25, -0.2) is 4.79 Å². The van der Waals surface area contributed by atoms with Gasteiger partial charge in [-0.15, -0.1) is 0 Å². The average molecular weight is 157 g/mol. The van der Waals surface area contributed by atoms with E-state index in [-0.39, 0.29) is 0 Å². The van der Waals surface area contributed by atoms with Gasteiger partial charge in [0.25, 0.3) is 6.26 Å². The molecule has 4 heteroatoms. The van der Waals surface area contributed by atoms with Gasteiger partial charge in [0.05, 0.1) is 0 Å². The minimum absolute atomic E-state index is 0.552. The molecule has 0 atom stereocenters. The molecule has 1 N–H and O–H groups in total. The second-order valence-electron chi connectivity index (χ2n) is 1.48. The van der Waals surface area contributed by atoms with Crippen molar-refractivity contribution >= 4 is 5.97 Å². The second kappa shape index (κ2) is 11.3. The lowest BCUT2D eigenvalue weighted by Crippen LogP contribution is -1.82. The predicted octanol–water partition coefficient (Wildman–Crippen LogP) is 1.15. The fraction of sp³-hybridized carbons (Fsp3) is 0.429. The SMILES string of the molecule is C=CC(=O)O.CCCOC#N. The molecule has 0 spiro atoms. The lowest BCUT2D eigenvalue weighted by atomic mass is 10.5. The fourth-order valence-electron chi connectivity index (χ4n) is 0.148. The van der Waals surface area contributed by atoms with E-state index in [1.54, 1.807) is 6.26 Å². The smallest absolute Gasteiger partial charge is 0.327 e. The number of hydrogen-bond donors (Lipinski definition) is 1. The van der Waals surface area contributed by atoms with E-state index in [9.17, 15) is 4.79 Å². The van der Waals surface area contributed by atoms with Crippen LogP contribution < -0.4 is 0 Å². The Labute approximate surface area is 65.7 Å². The molecule has 11 heavy (non-hydrogen) atoms. The van der Waals surface area contributed by atoms with Crippen molar-refractivity contribution in [1.82, 2.24) is 0 Å². The van der Waals surface area contributed by atoms with Crippen LogP contribution in [0.15, 0.2) is 12.7 Å². The highest BCUT2D eigenvalue weighted by Gasteiger charge is 1.73. The summed E-state index contributed by atoms with van der Waals surface area (Å²) < 4.78 is 4.29. The molecule has 0 aromatic heterocycles. The van der Waals surface area contributed by atoms with Gasteiger partial charge in [0.15, 0.2) is 0 Å². The van der Waals surface area contributed by atoms with E-state index < -0.39 is 5.97 Å². The Kier molecular flexibility index (Phi) is 12.6. The van der Waals surface area contributed by atoms with Crippen LogP contribution in [0.25, 0.3) is 0 Å². The monoisotopic (exact) mass is 157 g/mol. The summed E-state index contributed by atoms with van der Waals surface area (Å²) in [7, 11) is 0. The van der Waals surface area contributed by atoms with Crippen LogP contribution in [0.4, 0.5) is 0 Å². The summed E-state index contributed by atoms with van der Waals surface area (Å²) in [4.78, 5) is 9.25. The minimum atomic E-state index is -0.981. The molecule has 4 nitrogen and oxygen atoms in total. The number of nitrogens with zero attached hydrogens (tertiary/aromatic N) is 1. The van der Waals surface area contributed by atoms with E-state index in [0.29, 0.717) is 6.61 Å². The molecule has 0 aliphatic heterocycles. The maximum atomic E-state index is 9.25. The largest absolute Gasteiger partial charge is 0.478 e. The lowest BCUT2D eigenvalue weighted by molar-refractivity contribution is -0.131. The Balaban J connectivity index is 0. The summed E-state index contributed by atoms with van der Waals surface area (Å²) in [5.74, 6) is -0.981. The van der Waals surface area contributed by atoms with Gasteiger partial charge in [0.2, 0.25) is 0 Å². The molecular formula is C7H11NO3. The Morgan fingerprint density at radius 3 is 2.45 bits per heavy atom. The molecule has 0 aliphatic carbocycles. The first-order chi connectivity index (χ1) is 5.18. The number of carboxylic acids is 1. The van der Waals surface area contributed by atoms with Crippen molar-refractivity contribution in [3.05, 3.63) is 12.7 Å². The van der Waals surface area contributed by atoms with Gasteiger partial charge in [0, 0.05) is 6.08 Å². The van der Waals surface area contributed by atoms with Crippen molar-refractivity contribution in [2.24, 2.45) is 0 Å². The first-order valence-corrected chi connectivity index (χ1v) is 3.05. The maximum absolute atomic E-state index is 9.25. The molecule has 0 bridgehead atoms. The molecule has 0 heterocycles. The van der Waals surface area contributed by atoms with Crippen LogP contribution >= 0.6 is 0 Å². The zero-order chi connectivity index (χ0) is 9.11. The molecule has 0 aromatic carbocycles. The second-order valence-corrected chi connectivity index (χ2v) is 1.48. The van der Waals surface area contributed by atoms with Gasteiger partial charge in [-0.2, -0.15) is 5.26 Å². The van der Waals surface area contributed by atoms with Crippen molar-refractivity contribution in [3.8, 4) is 6.26 Å². The summed E-state index contributed by atoms with van der Waals surface area (Å²) in [6.45, 7) is 5.47. The predicted molar refractivity (Wildman–Crippen MR) is 39.7 cm³/mol. The number of ether oxygens (including phenoxy) is 1. The standard InChI is InChI=1S/C4H7NO.C3H4O2/c1-2-3-6-4-5;1-2-3(4)5/h2-3H2,1H3;2H,1H2,(H,4,5). The third-order valence-corrected chi connectivity index (χ3v) is 0.545. The van der Waals surface area contributed by atoms with E-state index in [1.165, 1.54) is 0 Å². The first-order valence-electron chi connectivity index (χ1n) is 3.05. The van der Waals surface area contributed by atoms with E-state index in [4.69, 9.17) is 10.4 Å². The molecule has 62 valence electrons. The molecule has 0 fully saturated rings. The van der Waals surface area contributed by atoms with Crippen LogP contribution in [0.2, 0.25) is 0 Å². The topological polar surface area (TPSA) is 70.3 Å². The normalized spacial score (nSPS) is 6.55. The van der Waals surface area contributed by atoms with Crippen molar-refractivity contribution in [2.45, 2.75) is 13.3 Å². The zero-order valence-corrected chi connectivity index (χ0v) is 6.41. The quantitative estimate of drug-likeness (QED) is 0.379. The summed E-state index contributed by atoms with van der Waals surface area (Å²) in [5, 5.41) is 15.3. The zero-order valence-electron chi connectivity index (χ0n) is 6.41. The van der Waals surface area contributed by atoms with E-state index in [0.717, 1.165) is 12.5 Å². The molecule has 0 radical (unpaired) electrons. The summed E-state index contributed by atoms with van der Waals surface area (Å²) in [5.41, 5.74) is 0. The highest BCUT2D eigenvalue weighted by atomic mass is 16.5. The Morgan fingerprint density at radius 1 is 1.91 bits per heavy atom. The van der Waals surface area contributed by atoms with Crippen molar-refractivity contribution in [2.75, 3.05) is 6.61 Å². The van der Waals surface area contributed by atoms with Gasteiger partial charge in [-0.05, 0) is 6.42 Å². The van der Waals surface area contributed by atoms with Crippen LogP contribution in [0.1, 0.15) is 13.3 Å². The summed E-state index contributed by atoms with van der Waals surface area (Å²) in [6.07, 6.45) is 3.31. The third kappa shape index (κ3) is 29.3. The highest BCUT2D eigenvalue weighted by Crippen LogP contribution is 1.73. The number of carbonyl (C=O) groups is 1. The van der Waals surface area contributed by atoms with E-state index >= 15 is 0 Å². The number of rotatable bonds is 3. The summed E-state index contributed by atoms with van der Waals surface area (Å²) in [6, 6.07) is 0. The molecule has 0 unspecified atom stereocenters. The lowest BCUT2D eigenvalue weighted by Gasteiger charge is -1.83. The van der Waals surface area contributed by atoms with Crippen LogP contribution in [-0.4, -0.2) is 17.7 Å². The number of aliphatic carboxylic acids is 1. The van der Waals surface area contributed by atoms with E-state index in [2.05, 4.69) is 11.3 Å². The molecule has 0 aromatic rings. The third-order valence-electron chi connectivity index (χ3n) is 0.545. The average Bonchev–Trinajstić information content (AvgIpc) is 2.02. The van der Waals surface area contributed by atoms with Gasteiger partial charge < -0.3 is 9.84 Å². The van der Waals surface area contributed by atoms with Crippen LogP contribution in [0, 0.1) is 11.5 Å². The van der Waals surface area contributed by atoms with Crippen molar-refractivity contribution in [3.63, 3.8) is 0 Å². The van der Waals surface area contributed by atoms with E-state index in [1.807, 2.05) is 6.92 Å². The Morgan fingerprint density at radius 2 is 2.36 bits per heavy atom. The van der Waals surface area contributed by atoms with Gasteiger partial charge >= 0.3 is 5.97 Å². The van der Waals surface area contributed by atoms with Crippen LogP contribution in [-0.2, 0) is 9.53 Å². The molecule has 0 rings (SSSR count).